The van der Waals surface area contributed by atoms with Crippen LogP contribution >= 0.6 is 0 Å². The number of para-hydroxylation sites is 1. The second-order valence-corrected chi connectivity index (χ2v) is 2.56. The fraction of sp³-hybridized carbons (Fsp3) is 0.333. The summed E-state index contributed by atoms with van der Waals surface area (Å²) in [6.45, 7) is 0.485. The molecular weight excluding hydrogens is 172 g/mol. The van der Waals surface area contributed by atoms with Crippen molar-refractivity contribution in [1.82, 2.24) is 0 Å². The number of aliphatic hydroxyl groups is 1. The third kappa shape index (κ3) is 1.53. The lowest BCUT2D eigenvalue weighted by molar-refractivity contribution is 0.164. The Balaban J connectivity index is 2.20. The summed E-state index contributed by atoms with van der Waals surface area (Å²) in [5.74, 6) is 1.93. The van der Waals surface area contributed by atoms with Crippen molar-refractivity contribution in [3.63, 3.8) is 0 Å². The van der Waals surface area contributed by atoms with Crippen molar-refractivity contribution in [3.05, 3.63) is 18.2 Å². The van der Waals surface area contributed by atoms with Crippen LogP contribution in [0.4, 0.5) is 0 Å². The van der Waals surface area contributed by atoms with Gasteiger partial charge in [0.25, 0.3) is 0 Å². The van der Waals surface area contributed by atoms with Crippen molar-refractivity contribution >= 4 is 0 Å². The smallest absolute Gasteiger partial charge is 0.231 e. The minimum absolute atomic E-state index is 0.00940. The molecule has 1 aromatic carbocycles. The van der Waals surface area contributed by atoms with Crippen LogP contribution in [0, 0.1) is 0 Å². The quantitative estimate of drug-likeness (QED) is 0.750. The van der Waals surface area contributed by atoms with E-state index in [1.165, 1.54) is 0 Å². The van der Waals surface area contributed by atoms with Gasteiger partial charge in [-0.05, 0) is 12.1 Å². The molecule has 0 saturated heterocycles. The number of aliphatic hydroxyl groups excluding tert-OH is 1. The molecule has 1 aromatic rings. The molecule has 0 radical (unpaired) electrons. The molecular formula is C9H10O4. The zero-order valence-electron chi connectivity index (χ0n) is 7.03. The van der Waals surface area contributed by atoms with Gasteiger partial charge in [-0.3, -0.25) is 0 Å². The topological polar surface area (TPSA) is 47.9 Å². The molecule has 1 aliphatic heterocycles. The molecule has 0 saturated carbocycles. The Morgan fingerprint density at radius 2 is 2.31 bits per heavy atom. The monoisotopic (exact) mass is 182 g/mol. The average molecular weight is 182 g/mol. The molecule has 4 nitrogen and oxygen atoms in total. The van der Waals surface area contributed by atoms with E-state index in [9.17, 15) is 0 Å². The third-order valence-corrected chi connectivity index (χ3v) is 1.71. The molecule has 0 atom stereocenters. The molecule has 13 heavy (non-hydrogen) atoms. The van der Waals surface area contributed by atoms with Crippen LogP contribution in [0.3, 0.4) is 0 Å². The lowest BCUT2D eigenvalue weighted by Crippen LogP contribution is -2.02. The average Bonchev–Trinajstić information content (AvgIpc) is 2.62. The van der Waals surface area contributed by atoms with Gasteiger partial charge in [-0.15, -0.1) is 0 Å². The number of benzene rings is 1. The molecule has 1 aliphatic rings. The fourth-order valence-corrected chi connectivity index (χ4v) is 1.17. The van der Waals surface area contributed by atoms with E-state index in [4.69, 9.17) is 19.3 Å². The Hall–Kier alpha value is -1.42. The Labute approximate surface area is 75.7 Å². The first-order chi connectivity index (χ1) is 6.42. The summed E-state index contributed by atoms with van der Waals surface area (Å²) in [6.07, 6.45) is 0. The summed E-state index contributed by atoms with van der Waals surface area (Å²) in [5, 5.41) is 8.58. The standard InChI is InChI=1S/C9H10O4/c10-4-5-11-7-2-1-3-8-9(7)13-6-12-8/h1-3,10H,4-6H2. The maximum atomic E-state index is 8.58. The normalized spacial score (nSPS) is 13.0. The molecule has 1 heterocycles. The van der Waals surface area contributed by atoms with Crippen molar-refractivity contribution in [2.24, 2.45) is 0 Å². The molecule has 0 spiro atoms. The molecule has 0 aromatic heterocycles. The van der Waals surface area contributed by atoms with Crippen LogP contribution in [0.5, 0.6) is 17.2 Å². The zero-order chi connectivity index (χ0) is 9.10. The highest BCUT2D eigenvalue weighted by Gasteiger charge is 2.17. The number of ether oxygens (including phenoxy) is 3. The summed E-state index contributed by atoms with van der Waals surface area (Å²) < 4.78 is 15.6. The molecule has 2 rings (SSSR count). The Morgan fingerprint density at radius 3 is 3.15 bits per heavy atom. The number of fused-ring (bicyclic) bond motifs is 1. The van der Waals surface area contributed by atoms with Gasteiger partial charge in [0.2, 0.25) is 12.5 Å². The Morgan fingerprint density at radius 1 is 1.38 bits per heavy atom. The minimum Gasteiger partial charge on any atom is -0.487 e. The summed E-state index contributed by atoms with van der Waals surface area (Å²) in [7, 11) is 0. The van der Waals surface area contributed by atoms with Crippen molar-refractivity contribution in [3.8, 4) is 17.2 Å². The van der Waals surface area contributed by atoms with E-state index < -0.39 is 0 Å². The third-order valence-electron chi connectivity index (χ3n) is 1.71. The van der Waals surface area contributed by atoms with Crippen LogP contribution in [0.25, 0.3) is 0 Å². The predicted octanol–water partition coefficient (Wildman–Crippen LogP) is 0.786. The summed E-state index contributed by atoms with van der Waals surface area (Å²) in [6, 6.07) is 5.41. The van der Waals surface area contributed by atoms with E-state index in [0.717, 1.165) is 0 Å². The second kappa shape index (κ2) is 3.53. The largest absolute Gasteiger partial charge is 0.487 e. The van der Waals surface area contributed by atoms with Gasteiger partial charge in [-0.2, -0.15) is 0 Å². The number of hydrogen-bond acceptors (Lipinski definition) is 4. The van der Waals surface area contributed by atoms with Gasteiger partial charge < -0.3 is 19.3 Å². The summed E-state index contributed by atoms with van der Waals surface area (Å²) in [5.41, 5.74) is 0. The second-order valence-electron chi connectivity index (χ2n) is 2.56. The maximum absolute atomic E-state index is 8.58. The fourth-order valence-electron chi connectivity index (χ4n) is 1.17. The molecule has 0 unspecified atom stereocenters. The molecule has 4 heteroatoms. The van der Waals surface area contributed by atoms with E-state index in [-0.39, 0.29) is 20.0 Å². The first kappa shape index (κ1) is 8.19. The van der Waals surface area contributed by atoms with Gasteiger partial charge in [-0.25, -0.2) is 0 Å². The molecule has 0 amide bonds. The summed E-state index contributed by atoms with van der Waals surface area (Å²) in [4.78, 5) is 0. The van der Waals surface area contributed by atoms with Crippen molar-refractivity contribution in [1.29, 1.82) is 0 Å². The van der Waals surface area contributed by atoms with Crippen molar-refractivity contribution in [2.45, 2.75) is 0 Å². The van der Waals surface area contributed by atoms with Gasteiger partial charge in [0.1, 0.15) is 6.61 Å². The molecule has 70 valence electrons. The van der Waals surface area contributed by atoms with Crippen LogP contribution in [0.2, 0.25) is 0 Å². The van der Waals surface area contributed by atoms with Gasteiger partial charge in [0, 0.05) is 0 Å². The van der Waals surface area contributed by atoms with E-state index in [2.05, 4.69) is 0 Å². The van der Waals surface area contributed by atoms with Crippen molar-refractivity contribution < 1.29 is 19.3 Å². The first-order valence-electron chi connectivity index (χ1n) is 4.04. The predicted molar refractivity (Wildman–Crippen MR) is 45.1 cm³/mol. The number of rotatable bonds is 3. The maximum Gasteiger partial charge on any atom is 0.231 e. The van der Waals surface area contributed by atoms with E-state index in [1.54, 1.807) is 6.07 Å². The molecule has 0 bridgehead atoms. The highest BCUT2D eigenvalue weighted by Crippen LogP contribution is 2.40. The lowest BCUT2D eigenvalue weighted by atomic mass is 10.3. The van der Waals surface area contributed by atoms with Crippen LogP contribution in [-0.2, 0) is 0 Å². The molecule has 0 fully saturated rings. The Kier molecular flexibility index (Phi) is 2.23. The van der Waals surface area contributed by atoms with E-state index in [1.807, 2.05) is 12.1 Å². The summed E-state index contributed by atoms with van der Waals surface area (Å²) >= 11 is 0. The molecule has 0 aliphatic carbocycles. The molecule has 1 N–H and O–H groups in total. The van der Waals surface area contributed by atoms with Gasteiger partial charge in [-0.1, -0.05) is 6.07 Å². The highest BCUT2D eigenvalue weighted by molar-refractivity contribution is 5.52. The number of hydrogen-bond donors (Lipinski definition) is 1. The van der Waals surface area contributed by atoms with Gasteiger partial charge in [0.15, 0.2) is 11.5 Å². The highest BCUT2D eigenvalue weighted by atomic mass is 16.7. The van der Waals surface area contributed by atoms with Gasteiger partial charge in [0.05, 0.1) is 6.61 Å². The Bertz CT molecular complexity index is 298. The van der Waals surface area contributed by atoms with E-state index in [0.29, 0.717) is 17.2 Å². The van der Waals surface area contributed by atoms with Gasteiger partial charge >= 0.3 is 0 Å². The van der Waals surface area contributed by atoms with Crippen LogP contribution < -0.4 is 14.2 Å². The SMILES string of the molecule is OCCOc1cccc2c1OCO2. The van der Waals surface area contributed by atoms with Crippen LogP contribution in [-0.4, -0.2) is 25.1 Å². The first-order valence-corrected chi connectivity index (χ1v) is 4.04. The van der Waals surface area contributed by atoms with Crippen LogP contribution in [0.1, 0.15) is 0 Å². The zero-order valence-corrected chi connectivity index (χ0v) is 7.03. The lowest BCUT2D eigenvalue weighted by Gasteiger charge is -2.06. The van der Waals surface area contributed by atoms with Crippen molar-refractivity contribution in [2.75, 3.05) is 20.0 Å². The van der Waals surface area contributed by atoms with E-state index >= 15 is 0 Å². The van der Waals surface area contributed by atoms with Crippen LogP contribution in [0.15, 0.2) is 18.2 Å². The minimum atomic E-state index is -0.00940.